The highest BCUT2D eigenvalue weighted by Gasteiger charge is 2.46. The molecule has 1 N–H and O–H groups in total. The molecule has 14 heavy (non-hydrogen) atoms. The third-order valence-corrected chi connectivity index (χ3v) is 2.50. The number of aromatic nitrogens is 1. The molecule has 0 aromatic carbocycles. The van der Waals surface area contributed by atoms with Crippen LogP contribution in [0.15, 0.2) is 24.5 Å². The van der Waals surface area contributed by atoms with E-state index in [4.69, 9.17) is 9.84 Å². The zero-order chi connectivity index (χ0) is 10.0. The molecule has 1 aliphatic rings. The molecule has 0 amide bonds. The fraction of sp³-hybridized carbons (Fsp3) is 0.400. The zero-order valence-electron chi connectivity index (χ0n) is 7.64. The largest absolute Gasteiger partial charge is 0.481 e. The second-order valence-electron chi connectivity index (χ2n) is 3.61. The molecule has 74 valence electrons. The zero-order valence-corrected chi connectivity index (χ0v) is 7.64. The molecule has 0 aliphatic carbocycles. The lowest BCUT2D eigenvalue weighted by atomic mass is 9.80. The fourth-order valence-corrected chi connectivity index (χ4v) is 1.54. The monoisotopic (exact) mass is 193 g/mol. The molecule has 1 aromatic heterocycles. The van der Waals surface area contributed by atoms with Gasteiger partial charge in [-0.3, -0.25) is 9.78 Å². The van der Waals surface area contributed by atoms with E-state index in [0.717, 1.165) is 5.56 Å². The highest BCUT2D eigenvalue weighted by atomic mass is 16.5. The summed E-state index contributed by atoms with van der Waals surface area (Å²) >= 11 is 0. The van der Waals surface area contributed by atoms with E-state index in [1.54, 1.807) is 12.4 Å². The van der Waals surface area contributed by atoms with Crippen LogP contribution >= 0.6 is 0 Å². The van der Waals surface area contributed by atoms with Crippen LogP contribution in [0.4, 0.5) is 0 Å². The molecule has 0 saturated carbocycles. The van der Waals surface area contributed by atoms with Crippen molar-refractivity contribution in [3.63, 3.8) is 0 Å². The quantitative estimate of drug-likeness (QED) is 0.768. The van der Waals surface area contributed by atoms with Crippen molar-refractivity contribution in [2.75, 3.05) is 13.2 Å². The van der Waals surface area contributed by atoms with Crippen molar-refractivity contribution in [1.82, 2.24) is 4.98 Å². The molecular weight excluding hydrogens is 182 g/mol. The molecule has 0 radical (unpaired) electrons. The van der Waals surface area contributed by atoms with E-state index in [9.17, 15) is 4.79 Å². The van der Waals surface area contributed by atoms with E-state index in [1.807, 2.05) is 12.1 Å². The predicted octanol–water partition coefficient (Wildman–Crippen LogP) is 0.725. The maximum Gasteiger partial charge on any atom is 0.314 e. The van der Waals surface area contributed by atoms with Gasteiger partial charge in [0.05, 0.1) is 13.2 Å². The summed E-state index contributed by atoms with van der Waals surface area (Å²) in [7, 11) is 0. The molecule has 0 unspecified atom stereocenters. The van der Waals surface area contributed by atoms with Gasteiger partial charge >= 0.3 is 5.97 Å². The van der Waals surface area contributed by atoms with Crippen molar-refractivity contribution in [2.45, 2.75) is 6.42 Å². The summed E-state index contributed by atoms with van der Waals surface area (Å²) in [6.07, 6.45) is 3.86. The molecule has 2 rings (SSSR count). The van der Waals surface area contributed by atoms with Gasteiger partial charge in [0.15, 0.2) is 0 Å². The number of carbonyl (C=O) groups is 1. The molecule has 0 atom stereocenters. The third-order valence-electron chi connectivity index (χ3n) is 2.50. The summed E-state index contributed by atoms with van der Waals surface area (Å²) in [4.78, 5) is 14.9. The van der Waals surface area contributed by atoms with Gasteiger partial charge in [-0.2, -0.15) is 0 Å². The first kappa shape index (κ1) is 9.15. The van der Waals surface area contributed by atoms with E-state index in [2.05, 4.69) is 4.98 Å². The molecule has 2 heterocycles. The molecule has 1 aliphatic heterocycles. The smallest absolute Gasteiger partial charge is 0.314 e. The van der Waals surface area contributed by atoms with Crippen molar-refractivity contribution in [2.24, 2.45) is 5.41 Å². The SMILES string of the molecule is O=C(O)C1(Cc2ccncc2)COC1. The number of nitrogens with zero attached hydrogens (tertiary/aromatic N) is 1. The average molecular weight is 193 g/mol. The summed E-state index contributed by atoms with van der Waals surface area (Å²) < 4.78 is 4.98. The first-order valence-corrected chi connectivity index (χ1v) is 4.43. The summed E-state index contributed by atoms with van der Waals surface area (Å²) in [6, 6.07) is 3.67. The molecule has 1 aromatic rings. The van der Waals surface area contributed by atoms with Gasteiger partial charge in [-0.1, -0.05) is 0 Å². The second-order valence-corrected chi connectivity index (χ2v) is 3.61. The van der Waals surface area contributed by atoms with Crippen molar-refractivity contribution < 1.29 is 14.6 Å². The number of pyridine rings is 1. The molecule has 0 spiro atoms. The minimum Gasteiger partial charge on any atom is -0.481 e. The van der Waals surface area contributed by atoms with Gasteiger partial charge in [-0.25, -0.2) is 0 Å². The van der Waals surface area contributed by atoms with Crippen molar-refractivity contribution >= 4 is 5.97 Å². The lowest BCUT2D eigenvalue weighted by Gasteiger charge is -2.37. The van der Waals surface area contributed by atoms with Gasteiger partial charge in [0.2, 0.25) is 0 Å². The van der Waals surface area contributed by atoms with Crippen LogP contribution in [-0.4, -0.2) is 29.3 Å². The number of carboxylic acids is 1. The molecule has 1 fully saturated rings. The summed E-state index contributed by atoms with van der Waals surface area (Å²) in [5.74, 6) is -0.777. The highest BCUT2D eigenvalue weighted by Crippen LogP contribution is 2.31. The Kier molecular flexibility index (Phi) is 2.21. The number of hydrogen-bond donors (Lipinski definition) is 1. The van der Waals surface area contributed by atoms with Gasteiger partial charge < -0.3 is 9.84 Å². The van der Waals surface area contributed by atoms with Crippen LogP contribution in [0.3, 0.4) is 0 Å². The number of rotatable bonds is 3. The topological polar surface area (TPSA) is 59.4 Å². The Morgan fingerprint density at radius 3 is 2.57 bits per heavy atom. The Morgan fingerprint density at radius 1 is 1.50 bits per heavy atom. The van der Waals surface area contributed by atoms with E-state index in [-0.39, 0.29) is 0 Å². The van der Waals surface area contributed by atoms with E-state index < -0.39 is 11.4 Å². The Morgan fingerprint density at radius 2 is 2.14 bits per heavy atom. The Hall–Kier alpha value is -1.42. The van der Waals surface area contributed by atoms with Gasteiger partial charge in [0.25, 0.3) is 0 Å². The maximum atomic E-state index is 11.0. The van der Waals surface area contributed by atoms with Crippen LogP contribution in [0.1, 0.15) is 5.56 Å². The summed E-state index contributed by atoms with van der Waals surface area (Å²) in [5.41, 5.74) is 0.284. The van der Waals surface area contributed by atoms with Crippen molar-refractivity contribution in [3.05, 3.63) is 30.1 Å². The average Bonchev–Trinajstić information content (AvgIpc) is 2.12. The Labute approximate surface area is 81.5 Å². The number of aliphatic carboxylic acids is 1. The standard InChI is InChI=1S/C10H11NO3/c12-9(13)10(6-14-7-10)5-8-1-3-11-4-2-8/h1-4H,5-7H2,(H,12,13). The van der Waals surface area contributed by atoms with Gasteiger partial charge in [-0.15, -0.1) is 0 Å². The first-order valence-electron chi connectivity index (χ1n) is 4.43. The van der Waals surface area contributed by atoms with E-state index in [0.29, 0.717) is 19.6 Å². The number of ether oxygens (including phenoxy) is 1. The number of carboxylic acid groups (broad SMARTS) is 1. The van der Waals surface area contributed by atoms with Gasteiger partial charge in [0.1, 0.15) is 5.41 Å². The number of hydrogen-bond acceptors (Lipinski definition) is 3. The van der Waals surface area contributed by atoms with Gasteiger partial charge in [0, 0.05) is 12.4 Å². The normalized spacial score (nSPS) is 18.6. The summed E-state index contributed by atoms with van der Waals surface area (Å²) in [5, 5.41) is 9.05. The maximum absolute atomic E-state index is 11.0. The lowest BCUT2D eigenvalue weighted by molar-refractivity contribution is -0.179. The van der Waals surface area contributed by atoms with Crippen molar-refractivity contribution in [1.29, 1.82) is 0 Å². The lowest BCUT2D eigenvalue weighted by Crippen LogP contribution is -2.50. The van der Waals surface area contributed by atoms with Gasteiger partial charge in [-0.05, 0) is 24.1 Å². The second kappa shape index (κ2) is 3.38. The fourth-order valence-electron chi connectivity index (χ4n) is 1.54. The van der Waals surface area contributed by atoms with E-state index in [1.165, 1.54) is 0 Å². The molecule has 4 heteroatoms. The van der Waals surface area contributed by atoms with Crippen LogP contribution in [-0.2, 0) is 16.0 Å². The Balaban J connectivity index is 2.13. The molecule has 0 bridgehead atoms. The van der Waals surface area contributed by atoms with Crippen LogP contribution in [0, 0.1) is 5.41 Å². The van der Waals surface area contributed by atoms with Crippen LogP contribution in [0.25, 0.3) is 0 Å². The minimum absolute atomic E-state index is 0.310. The van der Waals surface area contributed by atoms with Crippen LogP contribution < -0.4 is 0 Å². The minimum atomic E-state index is -0.777. The van der Waals surface area contributed by atoms with Crippen LogP contribution in [0.2, 0.25) is 0 Å². The van der Waals surface area contributed by atoms with Crippen LogP contribution in [0.5, 0.6) is 0 Å². The van der Waals surface area contributed by atoms with E-state index >= 15 is 0 Å². The van der Waals surface area contributed by atoms with Crippen molar-refractivity contribution in [3.8, 4) is 0 Å². The molecule has 1 saturated heterocycles. The Bertz CT molecular complexity index is 332. The third kappa shape index (κ3) is 1.48. The predicted molar refractivity (Wildman–Crippen MR) is 48.8 cm³/mol. The molecule has 4 nitrogen and oxygen atoms in total. The highest BCUT2D eigenvalue weighted by molar-refractivity contribution is 5.76. The molecular formula is C10H11NO3. The summed E-state index contributed by atoms with van der Waals surface area (Å²) in [6.45, 7) is 0.620. The first-order chi connectivity index (χ1) is 6.73.